The van der Waals surface area contributed by atoms with Crippen molar-refractivity contribution in [3.05, 3.63) is 58.4 Å². The Kier molecular flexibility index (Phi) is 4.58. The van der Waals surface area contributed by atoms with Crippen LogP contribution in [0.1, 0.15) is 35.6 Å². The number of carbonyl (C=O) groups is 1. The Hall–Kier alpha value is -2.33. The highest BCUT2D eigenvalue weighted by Crippen LogP contribution is 2.28. The predicted molar refractivity (Wildman–Crippen MR) is 98.2 cm³/mol. The predicted octanol–water partition coefficient (Wildman–Crippen LogP) is 4.16. The van der Waals surface area contributed by atoms with E-state index in [1.807, 2.05) is 6.07 Å². The molecule has 4 nitrogen and oxygen atoms in total. The number of hydrogen-bond acceptors (Lipinski definition) is 2. The number of aryl methyl sites for hydroxylation is 2. The Morgan fingerprint density at radius 3 is 2.46 bits per heavy atom. The van der Waals surface area contributed by atoms with Crippen molar-refractivity contribution in [1.82, 2.24) is 14.9 Å². The third kappa shape index (κ3) is 2.78. The molecule has 0 aliphatic rings. The molecule has 0 unspecified atom stereocenters. The van der Waals surface area contributed by atoms with Crippen LogP contribution >= 0.6 is 11.6 Å². The van der Waals surface area contributed by atoms with E-state index in [-0.39, 0.29) is 5.91 Å². The first-order chi connectivity index (χ1) is 11.6. The van der Waals surface area contributed by atoms with Gasteiger partial charge in [0.2, 0.25) is 0 Å². The van der Waals surface area contributed by atoms with Gasteiger partial charge in [0.05, 0.1) is 21.6 Å². The van der Waals surface area contributed by atoms with Crippen LogP contribution in [0.3, 0.4) is 0 Å². The number of imidazole rings is 1. The van der Waals surface area contributed by atoms with E-state index in [0.29, 0.717) is 10.6 Å². The van der Waals surface area contributed by atoms with E-state index in [1.54, 1.807) is 13.1 Å². The van der Waals surface area contributed by atoms with Crippen LogP contribution in [0.5, 0.6) is 0 Å². The van der Waals surface area contributed by atoms with Crippen LogP contribution in [0, 0.1) is 0 Å². The lowest BCUT2D eigenvalue weighted by atomic mass is 10.1. The summed E-state index contributed by atoms with van der Waals surface area (Å²) in [6.45, 7) is 4.21. The van der Waals surface area contributed by atoms with Crippen molar-refractivity contribution in [2.24, 2.45) is 0 Å². The largest absolute Gasteiger partial charge is 0.355 e. The Balaban J connectivity index is 2.22. The fraction of sp³-hybridized carbons (Fsp3) is 0.263. The van der Waals surface area contributed by atoms with Crippen LogP contribution in [0.4, 0.5) is 0 Å². The molecule has 0 fully saturated rings. The average Bonchev–Trinajstić information content (AvgIpc) is 2.97. The SMILES string of the molecule is CCc1ccc(-n2c(CC)nc3cc(C(=O)NC)c(Cl)cc32)cc1. The fourth-order valence-electron chi connectivity index (χ4n) is 2.86. The molecule has 1 heterocycles. The normalized spacial score (nSPS) is 11.0. The summed E-state index contributed by atoms with van der Waals surface area (Å²) in [6.07, 6.45) is 1.80. The monoisotopic (exact) mass is 341 g/mol. The van der Waals surface area contributed by atoms with Crippen molar-refractivity contribution in [2.45, 2.75) is 26.7 Å². The first kappa shape index (κ1) is 16.5. The molecule has 0 bridgehead atoms. The van der Waals surface area contributed by atoms with E-state index < -0.39 is 0 Å². The third-order valence-corrected chi connectivity index (χ3v) is 4.52. The molecular weight excluding hydrogens is 322 g/mol. The number of benzene rings is 2. The highest BCUT2D eigenvalue weighted by Gasteiger charge is 2.16. The topological polar surface area (TPSA) is 46.9 Å². The summed E-state index contributed by atoms with van der Waals surface area (Å²) in [5.74, 6) is 0.737. The maximum absolute atomic E-state index is 11.9. The van der Waals surface area contributed by atoms with Crippen LogP contribution in [0.2, 0.25) is 5.02 Å². The second-order valence-electron chi connectivity index (χ2n) is 5.64. The molecular formula is C19H20ClN3O. The number of fused-ring (bicyclic) bond motifs is 1. The minimum Gasteiger partial charge on any atom is -0.355 e. The summed E-state index contributed by atoms with van der Waals surface area (Å²) in [7, 11) is 1.59. The van der Waals surface area contributed by atoms with Crippen LogP contribution in [0.15, 0.2) is 36.4 Å². The maximum Gasteiger partial charge on any atom is 0.252 e. The Labute approximate surface area is 146 Å². The van der Waals surface area contributed by atoms with Gasteiger partial charge in [-0.1, -0.05) is 37.6 Å². The Morgan fingerprint density at radius 2 is 1.88 bits per heavy atom. The second kappa shape index (κ2) is 6.65. The lowest BCUT2D eigenvalue weighted by Crippen LogP contribution is -2.18. The molecule has 1 amide bonds. The third-order valence-electron chi connectivity index (χ3n) is 4.20. The molecule has 1 N–H and O–H groups in total. The summed E-state index contributed by atoms with van der Waals surface area (Å²) in [6, 6.07) is 12.0. The molecule has 0 atom stereocenters. The number of carbonyl (C=O) groups excluding carboxylic acids is 1. The van der Waals surface area contributed by atoms with Crippen molar-refractivity contribution in [1.29, 1.82) is 0 Å². The van der Waals surface area contributed by atoms with E-state index >= 15 is 0 Å². The first-order valence-corrected chi connectivity index (χ1v) is 8.49. The molecule has 0 radical (unpaired) electrons. The summed E-state index contributed by atoms with van der Waals surface area (Å²) < 4.78 is 2.11. The van der Waals surface area contributed by atoms with Crippen molar-refractivity contribution < 1.29 is 4.79 Å². The zero-order valence-corrected chi connectivity index (χ0v) is 14.8. The first-order valence-electron chi connectivity index (χ1n) is 8.11. The number of rotatable bonds is 4. The number of hydrogen-bond donors (Lipinski definition) is 1. The maximum atomic E-state index is 11.9. The van der Waals surface area contributed by atoms with E-state index in [0.717, 1.165) is 35.4 Å². The van der Waals surface area contributed by atoms with Crippen molar-refractivity contribution in [3.63, 3.8) is 0 Å². The quantitative estimate of drug-likeness (QED) is 0.774. The number of nitrogens with one attached hydrogen (secondary N) is 1. The molecule has 5 heteroatoms. The van der Waals surface area contributed by atoms with Gasteiger partial charge in [-0.05, 0) is 36.2 Å². The lowest BCUT2D eigenvalue weighted by Gasteiger charge is -2.10. The van der Waals surface area contributed by atoms with Crippen LogP contribution in [-0.4, -0.2) is 22.5 Å². The van der Waals surface area contributed by atoms with Gasteiger partial charge in [-0.2, -0.15) is 0 Å². The van der Waals surface area contributed by atoms with Gasteiger partial charge in [0.25, 0.3) is 5.91 Å². The van der Waals surface area contributed by atoms with Crippen molar-refractivity contribution >= 4 is 28.5 Å². The van der Waals surface area contributed by atoms with E-state index in [2.05, 4.69) is 48.0 Å². The minimum atomic E-state index is -0.207. The molecule has 124 valence electrons. The number of halogens is 1. The molecule has 3 rings (SSSR count). The molecule has 3 aromatic rings. The summed E-state index contributed by atoms with van der Waals surface area (Å²) in [5.41, 5.74) is 4.47. The molecule has 0 aliphatic heterocycles. The van der Waals surface area contributed by atoms with E-state index in [4.69, 9.17) is 16.6 Å². The molecule has 2 aromatic carbocycles. The van der Waals surface area contributed by atoms with Crippen LogP contribution in [0.25, 0.3) is 16.7 Å². The minimum absolute atomic E-state index is 0.207. The summed E-state index contributed by atoms with van der Waals surface area (Å²) >= 11 is 6.33. The van der Waals surface area contributed by atoms with Crippen LogP contribution in [-0.2, 0) is 12.8 Å². The summed E-state index contributed by atoms with van der Waals surface area (Å²) in [5, 5.41) is 3.04. The highest BCUT2D eigenvalue weighted by molar-refractivity contribution is 6.34. The fourth-order valence-corrected chi connectivity index (χ4v) is 3.11. The van der Waals surface area contributed by atoms with Crippen molar-refractivity contribution in [3.8, 4) is 5.69 Å². The van der Waals surface area contributed by atoms with Gasteiger partial charge < -0.3 is 5.32 Å². The molecule has 0 aliphatic carbocycles. The van der Waals surface area contributed by atoms with Gasteiger partial charge >= 0.3 is 0 Å². The number of amides is 1. The Bertz CT molecular complexity index is 897. The van der Waals surface area contributed by atoms with Gasteiger partial charge in [0.15, 0.2) is 0 Å². The zero-order valence-electron chi connectivity index (χ0n) is 14.1. The molecule has 0 saturated carbocycles. The van der Waals surface area contributed by atoms with E-state index in [9.17, 15) is 4.79 Å². The zero-order chi connectivity index (χ0) is 17.3. The van der Waals surface area contributed by atoms with Gasteiger partial charge in [-0.15, -0.1) is 0 Å². The van der Waals surface area contributed by atoms with Crippen molar-refractivity contribution in [2.75, 3.05) is 7.05 Å². The molecule has 1 aromatic heterocycles. The van der Waals surface area contributed by atoms with Crippen LogP contribution < -0.4 is 5.32 Å². The average molecular weight is 342 g/mol. The number of aromatic nitrogens is 2. The standard InChI is InChI=1S/C19H20ClN3O/c1-4-12-6-8-13(9-7-12)23-17-11-15(20)14(19(24)21-3)10-16(17)22-18(23)5-2/h6-11H,4-5H2,1-3H3,(H,21,24). The summed E-state index contributed by atoms with van der Waals surface area (Å²) in [4.78, 5) is 16.6. The van der Waals surface area contributed by atoms with Gasteiger partial charge in [-0.3, -0.25) is 9.36 Å². The lowest BCUT2D eigenvalue weighted by molar-refractivity contribution is 0.0963. The number of nitrogens with zero attached hydrogens (tertiary/aromatic N) is 2. The molecule has 24 heavy (non-hydrogen) atoms. The molecule has 0 saturated heterocycles. The van der Waals surface area contributed by atoms with Gasteiger partial charge in [0, 0.05) is 19.2 Å². The highest BCUT2D eigenvalue weighted by atomic mass is 35.5. The van der Waals surface area contributed by atoms with Gasteiger partial charge in [-0.25, -0.2) is 4.98 Å². The van der Waals surface area contributed by atoms with E-state index in [1.165, 1.54) is 5.56 Å². The second-order valence-corrected chi connectivity index (χ2v) is 6.04. The van der Waals surface area contributed by atoms with Gasteiger partial charge in [0.1, 0.15) is 5.82 Å². The molecule has 0 spiro atoms. The smallest absolute Gasteiger partial charge is 0.252 e. The Morgan fingerprint density at radius 1 is 1.17 bits per heavy atom.